The maximum absolute atomic E-state index is 11.7. The van der Waals surface area contributed by atoms with Gasteiger partial charge >= 0.3 is 0 Å². The molecule has 1 unspecified atom stereocenters. The molecule has 1 atom stereocenters. The molecule has 1 fully saturated rings. The van der Waals surface area contributed by atoms with Crippen LogP contribution >= 0.6 is 0 Å². The third kappa shape index (κ3) is 3.44. The molecule has 1 saturated heterocycles. The highest BCUT2D eigenvalue weighted by molar-refractivity contribution is 5.82. The standard InChI is InChI=1S/C10H20N2O3/c1-15-4-2-3-9(11)10(14)12-5-8(6-12)7-13/h8-9,13H,2-7,11H2,1H3. The van der Waals surface area contributed by atoms with Crippen LogP contribution in [0.4, 0.5) is 0 Å². The maximum atomic E-state index is 11.7. The monoisotopic (exact) mass is 216 g/mol. The molecule has 1 rings (SSSR count). The first kappa shape index (κ1) is 12.4. The van der Waals surface area contributed by atoms with Crippen molar-refractivity contribution in [1.82, 2.24) is 4.90 Å². The predicted octanol–water partition coefficient (Wildman–Crippen LogP) is -0.809. The van der Waals surface area contributed by atoms with Crippen LogP contribution in [0.15, 0.2) is 0 Å². The number of aliphatic hydroxyl groups excluding tert-OH is 1. The van der Waals surface area contributed by atoms with E-state index in [-0.39, 0.29) is 18.4 Å². The summed E-state index contributed by atoms with van der Waals surface area (Å²) in [6.45, 7) is 2.09. The van der Waals surface area contributed by atoms with E-state index in [1.807, 2.05) is 0 Å². The number of rotatable bonds is 6. The first-order valence-electron chi connectivity index (χ1n) is 5.33. The molecule has 0 spiro atoms. The molecule has 0 aromatic heterocycles. The van der Waals surface area contributed by atoms with Crippen molar-refractivity contribution in [2.24, 2.45) is 11.7 Å². The number of carbonyl (C=O) groups is 1. The Hall–Kier alpha value is -0.650. The van der Waals surface area contributed by atoms with E-state index in [2.05, 4.69) is 0 Å². The summed E-state index contributed by atoms with van der Waals surface area (Å²) in [7, 11) is 1.63. The maximum Gasteiger partial charge on any atom is 0.239 e. The van der Waals surface area contributed by atoms with E-state index in [0.29, 0.717) is 26.1 Å². The van der Waals surface area contributed by atoms with Gasteiger partial charge in [-0.2, -0.15) is 0 Å². The van der Waals surface area contributed by atoms with Crippen LogP contribution in [0.25, 0.3) is 0 Å². The molecular formula is C10H20N2O3. The van der Waals surface area contributed by atoms with Crippen molar-refractivity contribution >= 4 is 5.91 Å². The van der Waals surface area contributed by atoms with Crippen LogP contribution in [0.5, 0.6) is 0 Å². The number of likely N-dealkylation sites (tertiary alicyclic amines) is 1. The molecule has 0 aliphatic carbocycles. The van der Waals surface area contributed by atoms with E-state index in [1.54, 1.807) is 12.0 Å². The van der Waals surface area contributed by atoms with Crippen molar-refractivity contribution in [1.29, 1.82) is 0 Å². The van der Waals surface area contributed by atoms with Gasteiger partial charge in [-0.15, -0.1) is 0 Å². The topological polar surface area (TPSA) is 75.8 Å². The number of amides is 1. The fourth-order valence-electron chi connectivity index (χ4n) is 1.67. The number of nitrogens with two attached hydrogens (primary N) is 1. The van der Waals surface area contributed by atoms with Gasteiger partial charge in [-0.25, -0.2) is 0 Å². The van der Waals surface area contributed by atoms with Gasteiger partial charge in [-0.05, 0) is 12.8 Å². The van der Waals surface area contributed by atoms with Crippen LogP contribution in [-0.2, 0) is 9.53 Å². The summed E-state index contributed by atoms with van der Waals surface area (Å²) in [5, 5.41) is 8.81. The SMILES string of the molecule is COCCCC(N)C(=O)N1CC(CO)C1. The van der Waals surface area contributed by atoms with Gasteiger partial charge in [-0.1, -0.05) is 0 Å². The van der Waals surface area contributed by atoms with E-state index in [4.69, 9.17) is 15.6 Å². The lowest BCUT2D eigenvalue weighted by Crippen LogP contribution is -2.56. The predicted molar refractivity (Wildman–Crippen MR) is 56.2 cm³/mol. The van der Waals surface area contributed by atoms with E-state index in [0.717, 1.165) is 6.42 Å². The van der Waals surface area contributed by atoms with Crippen molar-refractivity contribution < 1.29 is 14.6 Å². The van der Waals surface area contributed by atoms with Crippen LogP contribution in [0.3, 0.4) is 0 Å². The number of ether oxygens (including phenoxy) is 1. The van der Waals surface area contributed by atoms with E-state index < -0.39 is 6.04 Å². The van der Waals surface area contributed by atoms with Crippen molar-refractivity contribution in [3.05, 3.63) is 0 Å². The summed E-state index contributed by atoms with van der Waals surface area (Å²) in [6.07, 6.45) is 1.47. The van der Waals surface area contributed by atoms with Gasteiger partial charge in [-0.3, -0.25) is 4.79 Å². The van der Waals surface area contributed by atoms with E-state index in [1.165, 1.54) is 0 Å². The molecule has 1 amide bonds. The van der Waals surface area contributed by atoms with Crippen LogP contribution in [0.2, 0.25) is 0 Å². The van der Waals surface area contributed by atoms with Crippen LogP contribution in [0, 0.1) is 5.92 Å². The first-order valence-corrected chi connectivity index (χ1v) is 5.33. The second-order valence-corrected chi connectivity index (χ2v) is 4.03. The van der Waals surface area contributed by atoms with Gasteiger partial charge in [0, 0.05) is 39.3 Å². The minimum absolute atomic E-state index is 0.00389. The van der Waals surface area contributed by atoms with Gasteiger partial charge in [0.25, 0.3) is 0 Å². The smallest absolute Gasteiger partial charge is 0.239 e. The Kier molecular flexibility index (Phi) is 5.01. The Balaban J connectivity index is 2.17. The molecule has 5 nitrogen and oxygen atoms in total. The van der Waals surface area contributed by atoms with Gasteiger partial charge in [0.15, 0.2) is 0 Å². The number of aliphatic hydroxyl groups is 1. The minimum atomic E-state index is -0.417. The summed E-state index contributed by atoms with van der Waals surface area (Å²) in [6, 6.07) is -0.417. The molecule has 1 aliphatic heterocycles. The van der Waals surface area contributed by atoms with Gasteiger partial charge in [0.1, 0.15) is 0 Å². The van der Waals surface area contributed by atoms with Crippen molar-refractivity contribution in [2.45, 2.75) is 18.9 Å². The van der Waals surface area contributed by atoms with Crippen molar-refractivity contribution in [2.75, 3.05) is 33.4 Å². The second kappa shape index (κ2) is 6.05. The molecule has 5 heteroatoms. The number of carbonyl (C=O) groups excluding carboxylic acids is 1. The van der Waals surface area contributed by atoms with Crippen molar-refractivity contribution in [3.8, 4) is 0 Å². The van der Waals surface area contributed by atoms with Crippen molar-refractivity contribution in [3.63, 3.8) is 0 Å². The molecule has 88 valence electrons. The zero-order chi connectivity index (χ0) is 11.3. The van der Waals surface area contributed by atoms with Crippen LogP contribution in [0.1, 0.15) is 12.8 Å². The highest BCUT2D eigenvalue weighted by Crippen LogP contribution is 2.16. The van der Waals surface area contributed by atoms with E-state index in [9.17, 15) is 4.79 Å². The average Bonchev–Trinajstić information content (AvgIpc) is 2.16. The molecule has 0 aromatic rings. The highest BCUT2D eigenvalue weighted by atomic mass is 16.5. The number of hydrogen-bond donors (Lipinski definition) is 2. The molecule has 1 heterocycles. The second-order valence-electron chi connectivity index (χ2n) is 4.03. The fourth-order valence-corrected chi connectivity index (χ4v) is 1.67. The molecule has 1 aliphatic rings. The largest absolute Gasteiger partial charge is 0.396 e. The summed E-state index contributed by atoms with van der Waals surface area (Å²) in [4.78, 5) is 13.4. The Morgan fingerprint density at radius 2 is 2.33 bits per heavy atom. The molecule has 0 bridgehead atoms. The molecule has 0 radical (unpaired) electrons. The third-order valence-electron chi connectivity index (χ3n) is 2.71. The number of nitrogens with zero attached hydrogens (tertiary/aromatic N) is 1. The molecule has 0 saturated carbocycles. The lowest BCUT2D eigenvalue weighted by molar-refractivity contribution is -0.140. The molecule has 3 N–H and O–H groups in total. The summed E-state index contributed by atoms with van der Waals surface area (Å²) < 4.78 is 4.89. The molecular weight excluding hydrogens is 196 g/mol. The van der Waals surface area contributed by atoms with Gasteiger partial charge < -0.3 is 20.5 Å². The fraction of sp³-hybridized carbons (Fsp3) is 0.900. The summed E-state index contributed by atoms with van der Waals surface area (Å²) >= 11 is 0. The Bertz CT molecular complexity index is 205. The highest BCUT2D eigenvalue weighted by Gasteiger charge is 2.32. The zero-order valence-corrected chi connectivity index (χ0v) is 9.19. The third-order valence-corrected chi connectivity index (χ3v) is 2.71. The Labute approximate surface area is 90.2 Å². The van der Waals surface area contributed by atoms with Crippen LogP contribution < -0.4 is 5.73 Å². The first-order chi connectivity index (χ1) is 7.19. The quantitative estimate of drug-likeness (QED) is 0.569. The number of methoxy groups -OCH3 is 1. The average molecular weight is 216 g/mol. The number of hydrogen-bond acceptors (Lipinski definition) is 4. The van der Waals surface area contributed by atoms with Crippen LogP contribution in [-0.4, -0.2) is 55.4 Å². The summed E-state index contributed by atoms with van der Waals surface area (Å²) in [5.74, 6) is 0.246. The molecule has 15 heavy (non-hydrogen) atoms. The van der Waals surface area contributed by atoms with Gasteiger partial charge in [0.05, 0.1) is 6.04 Å². The van der Waals surface area contributed by atoms with Gasteiger partial charge in [0.2, 0.25) is 5.91 Å². The zero-order valence-electron chi connectivity index (χ0n) is 9.19. The Morgan fingerprint density at radius 3 is 2.87 bits per heavy atom. The molecule has 0 aromatic carbocycles. The minimum Gasteiger partial charge on any atom is -0.396 e. The normalized spacial score (nSPS) is 18.7. The van der Waals surface area contributed by atoms with E-state index >= 15 is 0 Å². The lowest BCUT2D eigenvalue weighted by Gasteiger charge is -2.39. The Morgan fingerprint density at radius 1 is 1.67 bits per heavy atom. The summed E-state index contributed by atoms with van der Waals surface area (Å²) in [5.41, 5.74) is 5.75. The lowest BCUT2D eigenvalue weighted by atomic mass is 9.99.